The van der Waals surface area contributed by atoms with Gasteiger partial charge in [-0.1, -0.05) is 5.16 Å². The van der Waals surface area contributed by atoms with E-state index in [0.717, 1.165) is 35.2 Å². The number of methoxy groups -OCH3 is 1. The predicted molar refractivity (Wildman–Crippen MR) is 114 cm³/mol. The number of aromatic nitrogens is 2. The van der Waals surface area contributed by atoms with Gasteiger partial charge in [0, 0.05) is 43.3 Å². The molecule has 3 heterocycles. The molecule has 0 aliphatic carbocycles. The molecule has 0 spiro atoms. The van der Waals surface area contributed by atoms with Crippen molar-refractivity contribution in [3.63, 3.8) is 0 Å². The lowest BCUT2D eigenvalue weighted by molar-refractivity contribution is 0.0746. The summed E-state index contributed by atoms with van der Waals surface area (Å²) in [7, 11) is 1.57. The van der Waals surface area contributed by atoms with E-state index in [4.69, 9.17) is 14.0 Å². The fraction of sp³-hybridized carbons (Fsp3) is 0.381. The fourth-order valence-corrected chi connectivity index (χ4v) is 4.13. The molecule has 0 radical (unpaired) electrons. The largest absolute Gasteiger partial charge is 0.493 e. The summed E-state index contributed by atoms with van der Waals surface area (Å²) < 4.78 is 16.5. The topological polar surface area (TPSA) is 80.9 Å². The highest BCUT2D eigenvalue weighted by molar-refractivity contribution is 7.13. The summed E-state index contributed by atoms with van der Waals surface area (Å²) in [5.41, 5.74) is 2.30. The first-order valence-electron chi connectivity index (χ1n) is 9.73. The Morgan fingerprint density at radius 1 is 1.20 bits per heavy atom. The van der Waals surface area contributed by atoms with Crippen LogP contribution >= 0.6 is 11.3 Å². The molecule has 30 heavy (non-hydrogen) atoms. The van der Waals surface area contributed by atoms with Gasteiger partial charge in [-0.05, 0) is 32.0 Å². The number of amides is 1. The molecule has 1 aromatic carbocycles. The first-order chi connectivity index (χ1) is 14.6. The molecule has 1 fully saturated rings. The molecule has 8 nitrogen and oxygen atoms in total. The first kappa shape index (κ1) is 20.2. The van der Waals surface area contributed by atoms with E-state index in [1.807, 2.05) is 24.1 Å². The summed E-state index contributed by atoms with van der Waals surface area (Å²) >= 11 is 1.62. The first-order valence-corrected chi connectivity index (χ1v) is 10.6. The third-order valence-electron chi connectivity index (χ3n) is 5.22. The third-order valence-corrected chi connectivity index (χ3v) is 6.05. The van der Waals surface area contributed by atoms with Crippen LogP contribution in [0.1, 0.15) is 27.4 Å². The standard InChI is InChI=1S/C21H24N4O4S/c1-14-17(15(2)29-23-14)13-28-18-5-4-16(12-19(18)27-3)20(26)24-7-9-25(10-8-24)21-22-6-11-30-21/h4-6,11-12H,7-10,13H2,1-3H3. The molecule has 1 aliphatic heterocycles. The van der Waals surface area contributed by atoms with Crippen LogP contribution < -0.4 is 14.4 Å². The lowest BCUT2D eigenvalue weighted by Gasteiger charge is -2.34. The Labute approximate surface area is 179 Å². The number of piperazine rings is 1. The van der Waals surface area contributed by atoms with E-state index < -0.39 is 0 Å². The SMILES string of the molecule is COc1cc(C(=O)N2CCN(c3nccs3)CC2)ccc1OCc1c(C)noc1C. The second kappa shape index (κ2) is 8.74. The van der Waals surface area contributed by atoms with E-state index in [0.29, 0.717) is 36.8 Å². The number of hydrogen-bond acceptors (Lipinski definition) is 8. The summed E-state index contributed by atoms with van der Waals surface area (Å²) in [5.74, 6) is 1.82. The molecule has 1 amide bonds. The molecule has 0 bridgehead atoms. The zero-order valence-corrected chi connectivity index (χ0v) is 18.1. The van der Waals surface area contributed by atoms with Gasteiger partial charge < -0.3 is 23.8 Å². The van der Waals surface area contributed by atoms with Crippen LogP contribution in [-0.4, -0.2) is 54.2 Å². The Hall–Kier alpha value is -3.07. The summed E-state index contributed by atoms with van der Waals surface area (Å²) in [6.07, 6.45) is 1.80. The number of hydrogen-bond donors (Lipinski definition) is 0. The average Bonchev–Trinajstić information content (AvgIpc) is 3.42. The number of carbonyl (C=O) groups excluding carboxylic acids is 1. The molecule has 0 atom stereocenters. The van der Waals surface area contributed by atoms with E-state index in [9.17, 15) is 4.79 Å². The molecule has 9 heteroatoms. The van der Waals surface area contributed by atoms with Gasteiger partial charge in [0.1, 0.15) is 12.4 Å². The van der Waals surface area contributed by atoms with Gasteiger partial charge in [-0.2, -0.15) is 0 Å². The van der Waals surface area contributed by atoms with Gasteiger partial charge in [0.25, 0.3) is 5.91 Å². The molecule has 1 aliphatic rings. The number of aryl methyl sites for hydroxylation is 2. The summed E-state index contributed by atoms with van der Waals surface area (Å²) in [6, 6.07) is 5.29. The van der Waals surface area contributed by atoms with Crippen LogP contribution in [-0.2, 0) is 6.61 Å². The van der Waals surface area contributed by atoms with Crippen molar-refractivity contribution in [2.45, 2.75) is 20.5 Å². The maximum absolute atomic E-state index is 13.0. The normalized spacial score (nSPS) is 14.1. The summed E-state index contributed by atoms with van der Waals surface area (Å²) in [4.78, 5) is 21.4. The van der Waals surface area contributed by atoms with Crippen LogP contribution in [0.5, 0.6) is 11.5 Å². The van der Waals surface area contributed by atoms with Crippen LogP contribution in [0.2, 0.25) is 0 Å². The average molecular weight is 429 g/mol. The molecule has 0 unspecified atom stereocenters. The van der Waals surface area contributed by atoms with Crippen molar-refractivity contribution in [3.8, 4) is 11.5 Å². The highest BCUT2D eigenvalue weighted by Crippen LogP contribution is 2.30. The number of ether oxygens (including phenoxy) is 2. The van der Waals surface area contributed by atoms with Gasteiger partial charge in [-0.3, -0.25) is 4.79 Å². The van der Waals surface area contributed by atoms with Crippen LogP contribution in [0.3, 0.4) is 0 Å². The van der Waals surface area contributed by atoms with E-state index in [2.05, 4.69) is 15.0 Å². The number of nitrogens with zero attached hydrogens (tertiary/aromatic N) is 4. The molecule has 4 rings (SSSR count). The van der Waals surface area contributed by atoms with Crippen molar-refractivity contribution in [2.75, 3.05) is 38.2 Å². The molecule has 0 N–H and O–H groups in total. The van der Waals surface area contributed by atoms with Crippen molar-refractivity contribution < 1.29 is 18.8 Å². The quantitative estimate of drug-likeness (QED) is 0.596. The second-order valence-electron chi connectivity index (χ2n) is 7.05. The molecule has 1 saturated heterocycles. The summed E-state index contributed by atoms with van der Waals surface area (Å²) in [6.45, 7) is 6.91. The minimum atomic E-state index is -0.00985. The number of benzene rings is 1. The highest BCUT2D eigenvalue weighted by atomic mass is 32.1. The number of anilines is 1. The lowest BCUT2D eigenvalue weighted by Crippen LogP contribution is -2.48. The van der Waals surface area contributed by atoms with Crippen molar-refractivity contribution in [2.24, 2.45) is 0 Å². The zero-order chi connectivity index (χ0) is 21.1. The van der Waals surface area contributed by atoms with Crippen molar-refractivity contribution in [3.05, 3.63) is 52.4 Å². The number of rotatable bonds is 6. The van der Waals surface area contributed by atoms with Gasteiger partial charge >= 0.3 is 0 Å². The minimum Gasteiger partial charge on any atom is -0.493 e. The predicted octanol–water partition coefficient (Wildman–Crippen LogP) is 3.30. The maximum Gasteiger partial charge on any atom is 0.254 e. The van der Waals surface area contributed by atoms with Crippen molar-refractivity contribution in [1.29, 1.82) is 0 Å². The second-order valence-corrected chi connectivity index (χ2v) is 7.92. The maximum atomic E-state index is 13.0. The molecular formula is C21H24N4O4S. The monoisotopic (exact) mass is 428 g/mol. The summed E-state index contributed by atoms with van der Waals surface area (Å²) in [5, 5.41) is 6.91. The highest BCUT2D eigenvalue weighted by Gasteiger charge is 2.24. The van der Waals surface area contributed by atoms with E-state index >= 15 is 0 Å². The Morgan fingerprint density at radius 3 is 2.63 bits per heavy atom. The number of thiazole rings is 1. The Morgan fingerprint density at radius 2 is 2.00 bits per heavy atom. The zero-order valence-electron chi connectivity index (χ0n) is 17.3. The minimum absolute atomic E-state index is 0.00985. The fourth-order valence-electron chi connectivity index (χ4n) is 3.43. The van der Waals surface area contributed by atoms with Gasteiger partial charge in [0.15, 0.2) is 16.6 Å². The molecule has 0 saturated carbocycles. The molecule has 158 valence electrons. The van der Waals surface area contributed by atoms with Gasteiger partial charge in [0.2, 0.25) is 0 Å². The smallest absolute Gasteiger partial charge is 0.254 e. The van der Waals surface area contributed by atoms with E-state index in [1.165, 1.54) is 0 Å². The van der Waals surface area contributed by atoms with Gasteiger partial charge in [-0.25, -0.2) is 4.98 Å². The Balaban J connectivity index is 1.41. The third kappa shape index (κ3) is 4.11. The van der Waals surface area contributed by atoms with E-state index in [-0.39, 0.29) is 5.91 Å². The van der Waals surface area contributed by atoms with Gasteiger partial charge in [-0.15, -0.1) is 11.3 Å². The van der Waals surface area contributed by atoms with Gasteiger partial charge in [0.05, 0.1) is 18.4 Å². The van der Waals surface area contributed by atoms with Crippen molar-refractivity contribution >= 4 is 22.4 Å². The van der Waals surface area contributed by atoms with Crippen LogP contribution in [0.4, 0.5) is 5.13 Å². The van der Waals surface area contributed by atoms with Crippen LogP contribution in [0.15, 0.2) is 34.3 Å². The molecular weight excluding hydrogens is 404 g/mol. The number of carbonyl (C=O) groups is 1. The van der Waals surface area contributed by atoms with Crippen LogP contribution in [0.25, 0.3) is 0 Å². The van der Waals surface area contributed by atoms with E-state index in [1.54, 1.807) is 42.8 Å². The molecule has 2 aromatic heterocycles. The van der Waals surface area contributed by atoms with Crippen molar-refractivity contribution in [1.82, 2.24) is 15.0 Å². The van der Waals surface area contributed by atoms with Crippen LogP contribution in [0, 0.1) is 13.8 Å². The molecule has 3 aromatic rings. The Bertz CT molecular complexity index is 991. The lowest BCUT2D eigenvalue weighted by atomic mass is 10.1. The Kier molecular flexibility index (Phi) is 5.89.